The number of allylic oxidation sites excluding steroid dienone is 3. The van der Waals surface area contributed by atoms with Crippen LogP contribution in [0.3, 0.4) is 0 Å². The molecule has 1 aromatic rings. The summed E-state index contributed by atoms with van der Waals surface area (Å²) in [6.07, 6.45) is 11.7. The summed E-state index contributed by atoms with van der Waals surface area (Å²) in [5.41, 5.74) is 4.09. The molecule has 1 N–H and O–H groups in total. The first-order chi connectivity index (χ1) is 18.8. The number of carbonyl (C=O) groups excluding carboxylic acids is 1. The zero-order valence-corrected chi connectivity index (χ0v) is 24.2. The molecule has 1 aromatic carbocycles. The van der Waals surface area contributed by atoms with Crippen LogP contribution in [-0.4, -0.2) is 51.2 Å². The molecule has 2 unspecified atom stereocenters. The van der Waals surface area contributed by atoms with Crippen molar-refractivity contribution in [3.05, 3.63) is 82.1 Å². The van der Waals surface area contributed by atoms with E-state index in [2.05, 4.69) is 28.0 Å². The lowest BCUT2D eigenvalue weighted by Crippen LogP contribution is -2.48. The average Bonchev–Trinajstić information content (AvgIpc) is 2.90. The number of nitrogens with zero attached hydrogens (tertiary/aromatic N) is 2. The van der Waals surface area contributed by atoms with Gasteiger partial charge in [0.05, 0.1) is 18.8 Å². The molecular formula is C31H39ClN2O4S. The van der Waals surface area contributed by atoms with Gasteiger partial charge in [-0.1, -0.05) is 48.9 Å². The SMILES string of the molecule is C=C1C[C@H]2CN3Cc4ccc(Cl)cc4CCCCOC4=CC=C(CC43)C(=O)/N=[SH](=O)\C[C@@H](C)C/C=C/[C@H](O)[C@H]12. The molecule has 0 spiro atoms. The van der Waals surface area contributed by atoms with Crippen LogP contribution in [0, 0.1) is 17.8 Å². The van der Waals surface area contributed by atoms with Crippen LogP contribution in [0.1, 0.15) is 50.2 Å². The van der Waals surface area contributed by atoms with E-state index in [9.17, 15) is 14.1 Å². The fourth-order valence-corrected chi connectivity index (χ4v) is 7.57. The Morgan fingerprint density at radius 1 is 1.21 bits per heavy atom. The van der Waals surface area contributed by atoms with Crippen molar-refractivity contribution in [2.45, 2.75) is 64.1 Å². The summed E-state index contributed by atoms with van der Waals surface area (Å²) in [6, 6.07) is 5.95. The Bertz CT molecular complexity index is 1300. The second kappa shape index (κ2) is 12.5. The van der Waals surface area contributed by atoms with E-state index in [1.54, 1.807) is 6.08 Å². The van der Waals surface area contributed by atoms with Gasteiger partial charge in [-0.05, 0) is 79.4 Å². The summed E-state index contributed by atoms with van der Waals surface area (Å²) in [4.78, 5) is 15.5. The van der Waals surface area contributed by atoms with Crippen LogP contribution in [0.4, 0.5) is 0 Å². The van der Waals surface area contributed by atoms with E-state index >= 15 is 0 Å². The number of hydrogen-bond acceptors (Lipinski definition) is 5. The second-order valence-corrected chi connectivity index (χ2v) is 13.2. The zero-order valence-electron chi connectivity index (χ0n) is 22.6. The van der Waals surface area contributed by atoms with Gasteiger partial charge in [0, 0.05) is 52.4 Å². The number of aliphatic hydroxyl groups is 1. The number of benzene rings is 1. The number of fused-ring (bicyclic) bond motifs is 3. The number of carbonyl (C=O) groups is 1. The number of aliphatic hydroxyl groups excluding tert-OH is 1. The van der Waals surface area contributed by atoms with Gasteiger partial charge in [0.15, 0.2) is 0 Å². The largest absolute Gasteiger partial charge is 0.496 e. The highest BCUT2D eigenvalue weighted by atomic mass is 35.5. The van der Waals surface area contributed by atoms with Gasteiger partial charge in [-0.25, -0.2) is 0 Å². The van der Waals surface area contributed by atoms with Crippen molar-refractivity contribution < 1.29 is 18.8 Å². The molecule has 6 atom stereocenters. The van der Waals surface area contributed by atoms with Gasteiger partial charge >= 0.3 is 0 Å². The summed E-state index contributed by atoms with van der Waals surface area (Å²) in [5.74, 6) is 1.09. The van der Waals surface area contributed by atoms with Crippen LogP contribution in [-0.2, 0) is 33.1 Å². The van der Waals surface area contributed by atoms with Crippen molar-refractivity contribution in [2.24, 2.45) is 22.1 Å². The van der Waals surface area contributed by atoms with Gasteiger partial charge in [0.2, 0.25) is 0 Å². The van der Waals surface area contributed by atoms with E-state index in [1.165, 1.54) is 11.1 Å². The maximum Gasteiger partial charge on any atom is 0.280 e. The highest BCUT2D eigenvalue weighted by molar-refractivity contribution is 7.75. The molecule has 6 nitrogen and oxygen atoms in total. The first-order valence-corrected chi connectivity index (χ1v) is 15.8. The number of rotatable bonds is 0. The molecule has 1 fully saturated rings. The average molecular weight is 571 g/mol. The fraction of sp³-hybridized carbons (Fsp3) is 0.516. The maximum absolute atomic E-state index is 13.2. The van der Waals surface area contributed by atoms with Gasteiger partial charge in [-0.3, -0.25) is 13.9 Å². The van der Waals surface area contributed by atoms with E-state index in [1.807, 2.05) is 31.2 Å². The molecule has 0 saturated heterocycles. The number of ether oxygens (including phenoxy) is 1. The number of hydrogen-bond donors (Lipinski definition) is 2. The number of amides is 1. The molecule has 2 bridgehead atoms. The van der Waals surface area contributed by atoms with E-state index < -0.39 is 22.6 Å². The van der Waals surface area contributed by atoms with E-state index in [0.29, 0.717) is 37.3 Å². The molecule has 2 aliphatic carbocycles. The molecule has 0 radical (unpaired) electrons. The van der Waals surface area contributed by atoms with Crippen molar-refractivity contribution in [3.8, 4) is 0 Å². The molecule has 8 heteroatoms. The minimum atomic E-state index is -2.01. The maximum atomic E-state index is 13.2. The lowest BCUT2D eigenvalue weighted by atomic mass is 9.66. The fourth-order valence-electron chi connectivity index (χ4n) is 6.28. The third-order valence-corrected chi connectivity index (χ3v) is 10.0. The standard InChI is InChI=1S/C31H39ClN2O4S/c1-20-6-5-8-28(35)30-21(2)14-25(30)18-34-17-24-9-11-26(32)15-22(24)7-3-4-13-38-29-12-10-23(16-27(29)34)31(36)33-39(37)19-20/h5,8-12,15,20,25,27-28,30,35,39H,2-4,6-7,13-14,16-19H2,1H3/b8-5+/t20-,25-,27?,28-,30+/m0/s1. The summed E-state index contributed by atoms with van der Waals surface area (Å²) >= 11 is 6.39. The predicted molar refractivity (Wildman–Crippen MR) is 157 cm³/mol. The Kier molecular flexibility index (Phi) is 9.12. The smallest absolute Gasteiger partial charge is 0.280 e. The number of halogens is 1. The molecule has 210 valence electrons. The molecule has 4 aliphatic rings. The van der Waals surface area contributed by atoms with Crippen molar-refractivity contribution in [1.29, 1.82) is 0 Å². The molecule has 2 aliphatic heterocycles. The van der Waals surface area contributed by atoms with Gasteiger partial charge in [0.1, 0.15) is 5.76 Å². The summed E-state index contributed by atoms with van der Waals surface area (Å²) in [5, 5.41) is 11.8. The molecule has 1 amide bonds. The summed E-state index contributed by atoms with van der Waals surface area (Å²) < 4.78 is 23.1. The quantitative estimate of drug-likeness (QED) is 0.322. The summed E-state index contributed by atoms with van der Waals surface area (Å²) in [6.45, 7) is 8.25. The monoisotopic (exact) mass is 570 g/mol. The highest BCUT2D eigenvalue weighted by Crippen LogP contribution is 2.43. The van der Waals surface area contributed by atoms with Crippen LogP contribution in [0.5, 0.6) is 0 Å². The van der Waals surface area contributed by atoms with Crippen molar-refractivity contribution in [2.75, 3.05) is 18.9 Å². The molecule has 1 saturated carbocycles. The zero-order chi connectivity index (χ0) is 27.5. The van der Waals surface area contributed by atoms with Gasteiger partial charge in [-0.15, -0.1) is 0 Å². The first kappa shape index (κ1) is 28.3. The Morgan fingerprint density at radius 2 is 2.05 bits per heavy atom. The van der Waals surface area contributed by atoms with Gasteiger partial charge in [-0.2, -0.15) is 4.36 Å². The minimum absolute atomic E-state index is 0.0208. The van der Waals surface area contributed by atoms with Crippen molar-refractivity contribution >= 4 is 28.1 Å². The third kappa shape index (κ3) is 6.76. The minimum Gasteiger partial charge on any atom is -0.496 e. The number of aryl methyl sites for hydroxylation is 1. The van der Waals surface area contributed by atoms with Crippen LogP contribution in [0.25, 0.3) is 0 Å². The van der Waals surface area contributed by atoms with Crippen LogP contribution in [0.2, 0.25) is 5.02 Å². The van der Waals surface area contributed by atoms with Crippen molar-refractivity contribution in [1.82, 2.24) is 4.90 Å². The molecular weight excluding hydrogens is 532 g/mol. The molecule has 5 rings (SSSR count). The van der Waals surface area contributed by atoms with Crippen molar-refractivity contribution in [3.63, 3.8) is 0 Å². The topological polar surface area (TPSA) is 79.2 Å². The third-order valence-electron chi connectivity index (χ3n) is 8.44. The lowest BCUT2D eigenvalue weighted by Gasteiger charge is -2.46. The van der Waals surface area contributed by atoms with E-state index in [0.717, 1.165) is 48.6 Å². The Labute approximate surface area is 238 Å². The molecule has 39 heavy (non-hydrogen) atoms. The van der Waals surface area contributed by atoms with Crippen LogP contribution < -0.4 is 0 Å². The summed E-state index contributed by atoms with van der Waals surface area (Å²) in [7, 11) is -2.01. The van der Waals surface area contributed by atoms with Gasteiger partial charge in [0.25, 0.3) is 5.91 Å². The molecule has 0 aromatic heterocycles. The molecule has 2 heterocycles. The normalized spacial score (nSPS) is 33.9. The van der Waals surface area contributed by atoms with E-state index in [-0.39, 0.29) is 23.8 Å². The Balaban J connectivity index is 1.55. The van der Waals surface area contributed by atoms with Crippen LogP contribution in [0.15, 0.2) is 70.4 Å². The van der Waals surface area contributed by atoms with Gasteiger partial charge < -0.3 is 9.84 Å². The Morgan fingerprint density at radius 3 is 2.87 bits per heavy atom. The second-order valence-electron chi connectivity index (χ2n) is 11.5. The van der Waals surface area contributed by atoms with Crippen LogP contribution >= 0.6 is 11.6 Å². The lowest BCUT2D eigenvalue weighted by molar-refractivity contribution is -0.114. The van der Waals surface area contributed by atoms with E-state index in [4.69, 9.17) is 16.3 Å². The predicted octanol–water partition coefficient (Wildman–Crippen LogP) is 5.42. The first-order valence-electron chi connectivity index (χ1n) is 14.1. The Hall–Kier alpha value is -2.19. The highest BCUT2D eigenvalue weighted by Gasteiger charge is 2.41. The number of thiol groups is 1.